The van der Waals surface area contributed by atoms with Crippen LogP contribution in [0.15, 0.2) is 311 Å². The van der Waals surface area contributed by atoms with Crippen LogP contribution in [0.25, 0.3) is 48.9 Å². The predicted octanol–water partition coefficient (Wildman–Crippen LogP) is 19.7. The molecule has 9 aromatic carbocycles. The first-order valence-electron chi connectivity index (χ1n) is 41.4. The van der Waals surface area contributed by atoms with Gasteiger partial charge >= 0.3 is 0 Å². The fourth-order valence-corrected chi connectivity index (χ4v) is 20.2. The molecule has 2 saturated heterocycles. The largest absolute Gasteiger partial charge is 0.744 e. The quantitative estimate of drug-likeness (QED) is 0.0365. The summed E-state index contributed by atoms with van der Waals surface area (Å²) in [5.41, 5.74) is 10.9. The van der Waals surface area contributed by atoms with Crippen LogP contribution in [-0.2, 0) is 76.1 Å². The van der Waals surface area contributed by atoms with Crippen LogP contribution in [0.1, 0.15) is 84.2 Å². The summed E-state index contributed by atoms with van der Waals surface area (Å²) >= 11 is 9.26. The monoisotopic (exact) mass is 1850 g/mol. The van der Waals surface area contributed by atoms with E-state index in [1.165, 1.54) is 146 Å². The van der Waals surface area contributed by atoms with Gasteiger partial charge in [0.05, 0.1) is 49.6 Å². The number of anilines is 2. The van der Waals surface area contributed by atoms with E-state index in [2.05, 4.69) is 342 Å². The first kappa shape index (κ1) is 97.0. The van der Waals surface area contributed by atoms with Gasteiger partial charge in [-0.3, -0.25) is 0 Å². The fraction of sp³-hybridized carbons (Fsp3) is 0.263. The minimum absolute atomic E-state index is 0. The Kier molecular flexibility index (Phi) is 36.4. The molecule has 8 heterocycles. The molecular formula is C99H113CrN10O8S7+3. The van der Waals surface area contributed by atoms with Gasteiger partial charge in [-0.25, -0.2) is 26.0 Å². The average molecular weight is 1850 g/mol. The Morgan fingerprint density at radius 2 is 1.08 bits per heavy atom. The van der Waals surface area contributed by atoms with Crippen LogP contribution >= 0.6 is 57.5 Å². The third kappa shape index (κ3) is 27.9. The van der Waals surface area contributed by atoms with Crippen LogP contribution in [0.5, 0.6) is 5.75 Å². The third-order valence-electron chi connectivity index (χ3n) is 21.0. The number of fused-ring (bicyclic) bond motifs is 5. The number of thioether (sulfide) groups is 2. The molecule has 0 amide bonds. The van der Waals surface area contributed by atoms with Crippen molar-refractivity contribution in [3.8, 4) is 5.75 Å². The number of para-hydroxylation sites is 6. The Hall–Kier alpha value is -10.2. The first-order valence-corrected chi connectivity index (χ1v) is 48.5. The van der Waals surface area contributed by atoms with E-state index >= 15 is 0 Å². The normalized spacial score (nSPS) is 15.7. The van der Waals surface area contributed by atoms with E-state index in [9.17, 15) is 25.9 Å². The number of hydrogen-bond donors (Lipinski definition) is 0. The van der Waals surface area contributed by atoms with Crippen LogP contribution in [0, 0.1) is 13.8 Å². The van der Waals surface area contributed by atoms with E-state index in [-0.39, 0.29) is 32.7 Å². The van der Waals surface area contributed by atoms with E-state index in [0.29, 0.717) is 0 Å². The third-order valence-corrected chi connectivity index (χ3v) is 28.4. The van der Waals surface area contributed by atoms with Gasteiger partial charge in [0.25, 0.3) is 15.0 Å². The number of ether oxygens (including phenoxy) is 2. The van der Waals surface area contributed by atoms with Crippen molar-refractivity contribution in [3.63, 3.8) is 0 Å². The Morgan fingerprint density at radius 3 is 1.62 bits per heavy atom. The molecule has 125 heavy (non-hydrogen) atoms. The van der Waals surface area contributed by atoms with Gasteiger partial charge in [0.15, 0.2) is 30.9 Å². The summed E-state index contributed by atoms with van der Waals surface area (Å²) in [6.45, 7) is 20.8. The Labute approximate surface area is 770 Å². The van der Waals surface area contributed by atoms with Crippen molar-refractivity contribution in [2.75, 3.05) is 83.6 Å². The number of hydrogen-bond acceptors (Lipinski definition) is 18. The number of nitrogens with zero attached hydrogens (tertiary/aromatic N) is 10. The second kappa shape index (κ2) is 46.9. The molecule has 652 valence electrons. The van der Waals surface area contributed by atoms with Crippen molar-refractivity contribution in [2.24, 2.45) is 14.1 Å². The van der Waals surface area contributed by atoms with Crippen molar-refractivity contribution < 1.29 is 75.6 Å². The van der Waals surface area contributed by atoms with Crippen molar-refractivity contribution in [2.45, 2.75) is 101 Å². The summed E-state index contributed by atoms with van der Waals surface area (Å²) in [5, 5.41) is 6.45. The zero-order valence-electron chi connectivity index (χ0n) is 73.4. The number of thiazole rings is 3. The second-order valence-electron chi connectivity index (χ2n) is 30.7. The van der Waals surface area contributed by atoms with Gasteiger partial charge in [-0.15, -0.1) is 0 Å². The van der Waals surface area contributed by atoms with Crippen LogP contribution in [-0.4, -0.2) is 140 Å². The summed E-state index contributed by atoms with van der Waals surface area (Å²) in [6.07, 6.45) is 29.8. The maximum Gasteiger partial charge on any atom is 0.267 e. The van der Waals surface area contributed by atoms with Crippen LogP contribution in [0.2, 0.25) is 0 Å². The summed E-state index contributed by atoms with van der Waals surface area (Å²) in [7, 11) is 6.12. The zero-order chi connectivity index (χ0) is 88.3. The van der Waals surface area contributed by atoms with Gasteiger partial charge in [0.2, 0.25) is 27.5 Å². The van der Waals surface area contributed by atoms with Crippen LogP contribution in [0.4, 0.5) is 11.4 Å². The van der Waals surface area contributed by atoms with Crippen LogP contribution in [0.3, 0.4) is 0 Å². The number of likely N-dealkylation sites (tertiary alicyclic amines) is 1. The second-order valence-corrected chi connectivity index (χ2v) is 38.8. The average Bonchev–Trinajstić information content (AvgIpc) is 1.76. The van der Waals surface area contributed by atoms with Crippen molar-refractivity contribution in [3.05, 3.63) is 333 Å². The molecule has 0 N–H and O–H groups in total. The fourth-order valence-electron chi connectivity index (χ4n) is 13.7. The minimum atomic E-state index is -4.27. The predicted molar refractivity (Wildman–Crippen MR) is 515 cm³/mol. The number of allylic oxidation sites excluding steroid dienone is 5. The molecule has 17 rings (SSSR count). The Balaban J connectivity index is 0.000000154. The number of rotatable bonds is 17. The van der Waals surface area contributed by atoms with Gasteiger partial charge < -0.3 is 43.1 Å². The van der Waals surface area contributed by atoms with E-state index in [1.807, 2.05) is 97.4 Å². The molecule has 0 spiro atoms. The van der Waals surface area contributed by atoms with E-state index in [0.717, 1.165) is 67.1 Å². The summed E-state index contributed by atoms with van der Waals surface area (Å²) in [6, 6.07) is 74.8. The molecule has 18 nitrogen and oxygen atoms in total. The smallest absolute Gasteiger partial charge is 0.267 e. The van der Waals surface area contributed by atoms with Crippen molar-refractivity contribution in [1.29, 1.82) is 0 Å². The topological polar surface area (TPSA) is 167 Å². The van der Waals surface area contributed by atoms with Gasteiger partial charge in [0, 0.05) is 118 Å². The molecule has 5 aliphatic heterocycles. The zero-order valence-corrected chi connectivity index (χ0v) is 80.3. The Morgan fingerprint density at radius 1 is 0.560 bits per heavy atom. The number of aromatic nitrogens is 3. The summed E-state index contributed by atoms with van der Waals surface area (Å²) < 4.78 is 89.4. The van der Waals surface area contributed by atoms with Gasteiger partial charge in [-0.1, -0.05) is 220 Å². The SMILES string of the molecule is CC[N+]1=C(C=CC=C2OCC(C)(C)N2C)SCC1.CC[n+]1c(/C=C/N2CCCCC2)sc2ccccc21.CN(/C=C/C=C/C=[N+](C)Cc1ccccc1)Cc1ccccc1.CN1/C(=C/c2sc3ccccc3[n+]2C)Sc2ccccc21.CN1C(=Cc2sc3ccccc3[n+]2C)Oc2ccccc21.Cc1ccc(S(=O)(=O)[O-])cc1.Cc1ccc(S(=O)(=O)[O-])cc1.[Cr]. The Bertz CT molecular complexity index is 5900. The van der Waals surface area contributed by atoms with Crippen LogP contribution < -0.4 is 28.2 Å². The van der Waals surface area contributed by atoms with Crippen molar-refractivity contribution >= 4 is 149 Å². The molecule has 26 heteroatoms. The molecule has 12 aromatic rings. The number of likely N-dealkylation sites (N-methyl/N-ethyl adjacent to an activating group) is 1. The number of piperidine rings is 1. The molecule has 0 saturated carbocycles. The standard InChI is InChI=1S/C21H25N2.C17H15N2OS.C17H15N2S2.C16H21N2S.C14H23N2OS.2C7H8O3S.Cr/c1-22(18-20-12-6-3-7-13-20)16-10-5-11-17-23(2)19-21-14-8-4-9-15-21;2*1-18-12-7-3-5-9-14(12)20-16(18)11-17-19(2)13-8-4-6-10-15(13)21-17;1-2-18-14-8-4-5-9-15(14)19-16(18)10-13-17-11-6-3-7-12-17;1-5-16-9-10-18-13(16)8-6-7-12-15(4)14(2,3)11-17-12;2*1-6-2-4-7(5-3-6)11(8,9)10;/h3-17H,18-19H2,1-2H3;2*3-11H,1-2H3;4-5,8-10,13H,2-3,6-7,11-12H2,1H3;6-8H,5,9-11H2,1-4H3;2*2-5H,1H3,(H,8,9,10);/q5*+1;;;/p-2. The van der Waals surface area contributed by atoms with Gasteiger partial charge in [-0.2, -0.15) is 13.7 Å². The molecule has 2 fully saturated rings. The summed E-state index contributed by atoms with van der Waals surface area (Å²) in [5.74, 6) is 3.93. The molecular weight excluding hydrogens is 1730 g/mol. The molecule has 0 bridgehead atoms. The molecule has 0 radical (unpaired) electrons. The maximum absolute atomic E-state index is 10.4. The van der Waals surface area contributed by atoms with E-state index in [4.69, 9.17) is 9.47 Å². The van der Waals surface area contributed by atoms with Crippen molar-refractivity contribution in [1.82, 2.24) is 14.7 Å². The molecule has 0 unspecified atom stereocenters. The first-order chi connectivity index (χ1) is 59.6. The molecule has 5 aliphatic rings. The summed E-state index contributed by atoms with van der Waals surface area (Å²) in [4.78, 5) is 12.1. The maximum atomic E-state index is 10.4. The molecule has 3 aromatic heterocycles. The molecule has 0 atom stereocenters. The van der Waals surface area contributed by atoms with Gasteiger partial charge in [-0.05, 0) is 158 Å². The molecule has 0 aliphatic carbocycles. The van der Waals surface area contributed by atoms with Gasteiger partial charge in [0.1, 0.15) is 75.2 Å². The number of aryl methyl sites for hydroxylation is 5. The van der Waals surface area contributed by atoms with E-state index in [1.54, 1.807) is 35.6 Å². The minimum Gasteiger partial charge on any atom is -0.744 e. The number of benzene rings is 9. The van der Waals surface area contributed by atoms with E-state index < -0.39 is 20.2 Å².